The van der Waals surface area contributed by atoms with Crippen LogP contribution in [0.25, 0.3) is 0 Å². The van der Waals surface area contributed by atoms with Gasteiger partial charge in [-0.3, -0.25) is 9.59 Å². The largest absolute Gasteiger partial charge is 0.508 e. The zero-order chi connectivity index (χ0) is 13.5. The zero-order valence-corrected chi connectivity index (χ0v) is 12.0. The molecule has 0 radical (unpaired) electrons. The van der Waals surface area contributed by atoms with Crippen molar-refractivity contribution < 1.29 is 19.4 Å². The molecule has 98 valence electrons. The van der Waals surface area contributed by atoms with E-state index in [2.05, 4.69) is 10.1 Å². The van der Waals surface area contributed by atoms with Crippen LogP contribution in [0.5, 0.6) is 5.75 Å². The van der Waals surface area contributed by atoms with Crippen molar-refractivity contribution in [1.29, 1.82) is 0 Å². The molecule has 0 heterocycles. The molecule has 6 heteroatoms. The highest BCUT2D eigenvalue weighted by Gasteiger charge is 2.15. The summed E-state index contributed by atoms with van der Waals surface area (Å²) in [5.74, 6) is -0.443. The summed E-state index contributed by atoms with van der Waals surface area (Å²) in [5.41, 5.74) is 0.718. The third-order valence-corrected chi connectivity index (χ3v) is 3.16. The average molecular weight is 363 g/mol. The van der Waals surface area contributed by atoms with E-state index < -0.39 is 3.92 Å². The van der Waals surface area contributed by atoms with Gasteiger partial charge in [-0.1, -0.05) is 34.7 Å². The minimum atomic E-state index is -0.402. The maximum absolute atomic E-state index is 11.6. The van der Waals surface area contributed by atoms with Crippen LogP contribution in [0.2, 0.25) is 0 Å². The highest BCUT2D eigenvalue weighted by atomic mass is 127. The van der Waals surface area contributed by atoms with Gasteiger partial charge in [0, 0.05) is 6.54 Å². The van der Waals surface area contributed by atoms with Crippen molar-refractivity contribution in [2.45, 2.75) is 10.3 Å². The van der Waals surface area contributed by atoms with Crippen LogP contribution in [0.3, 0.4) is 0 Å². The fraction of sp³-hybridized carbons (Fsp3) is 0.333. The molecule has 0 saturated carbocycles. The van der Waals surface area contributed by atoms with Crippen molar-refractivity contribution in [2.24, 2.45) is 0 Å². The second kappa shape index (κ2) is 7.20. The number of halogens is 1. The SMILES string of the molecule is COC(=O)C(I)CNC(=O)Cc1cccc(O)c1. The molecule has 2 N–H and O–H groups in total. The summed E-state index contributed by atoms with van der Waals surface area (Å²) in [7, 11) is 1.31. The van der Waals surface area contributed by atoms with Crippen molar-refractivity contribution >= 4 is 34.5 Å². The first kappa shape index (κ1) is 14.7. The second-order valence-electron chi connectivity index (χ2n) is 3.64. The number of hydrogen-bond donors (Lipinski definition) is 2. The molecular formula is C12H14INO4. The fourth-order valence-electron chi connectivity index (χ4n) is 1.33. The van der Waals surface area contributed by atoms with Crippen molar-refractivity contribution in [2.75, 3.05) is 13.7 Å². The molecular weight excluding hydrogens is 349 g/mol. The lowest BCUT2D eigenvalue weighted by atomic mass is 10.1. The summed E-state index contributed by atoms with van der Waals surface area (Å²) in [6.07, 6.45) is 0.166. The number of methoxy groups -OCH3 is 1. The Morgan fingerprint density at radius 1 is 1.50 bits per heavy atom. The smallest absolute Gasteiger partial charge is 0.320 e. The Balaban J connectivity index is 2.41. The predicted molar refractivity (Wildman–Crippen MR) is 74.6 cm³/mol. The van der Waals surface area contributed by atoms with Gasteiger partial charge >= 0.3 is 5.97 Å². The molecule has 1 amide bonds. The summed E-state index contributed by atoms with van der Waals surface area (Å²) < 4.78 is 4.15. The Hall–Kier alpha value is -1.31. The Bertz CT molecular complexity index is 436. The van der Waals surface area contributed by atoms with E-state index in [-0.39, 0.29) is 30.6 Å². The summed E-state index contributed by atoms with van der Waals surface area (Å²) >= 11 is 1.91. The van der Waals surface area contributed by atoms with Crippen LogP contribution in [0, 0.1) is 0 Å². The van der Waals surface area contributed by atoms with Gasteiger partial charge in [-0.15, -0.1) is 0 Å². The molecule has 1 unspecified atom stereocenters. The number of phenols is 1. The molecule has 1 aromatic carbocycles. The summed E-state index contributed by atoms with van der Waals surface area (Å²) in [6.45, 7) is 0.227. The van der Waals surface area contributed by atoms with Crippen LogP contribution in [0.1, 0.15) is 5.56 Å². The zero-order valence-electron chi connectivity index (χ0n) is 9.85. The number of rotatable bonds is 5. The Morgan fingerprint density at radius 3 is 2.83 bits per heavy atom. The molecule has 0 saturated heterocycles. The number of esters is 1. The highest BCUT2D eigenvalue weighted by Crippen LogP contribution is 2.11. The van der Waals surface area contributed by atoms with Gasteiger partial charge in [-0.05, 0) is 17.7 Å². The Kier molecular flexibility index (Phi) is 5.90. The van der Waals surface area contributed by atoms with Crippen LogP contribution in [-0.2, 0) is 20.7 Å². The summed E-state index contributed by atoms with van der Waals surface area (Å²) in [6, 6.07) is 6.50. The van der Waals surface area contributed by atoms with Crippen LogP contribution in [0.4, 0.5) is 0 Å². The van der Waals surface area contributed by atoms with E-state index in [0.717, 1.165) is 5.56 Å². The van der Waals surface area contributed by atoms with E-state index >= 15 is 0 Å². The normalized spacial score (nSPS) is 11.7. The number of benzene rings is 1. The van der Waals surface area contributed by atoms with Crippen LogP contribution in [-0.4, -0.2) is 34.6 Å². The first-order chi connectivity index (χ1) is 8.52. The van der Waals surface area contributed by atoms with E-state index in [1.54, 1.807) is 18.2 Å². The third kappa shape index (κ3) is 4.91. The lowest BCUT2D eigenvalue weighted by Gasteiger charge is -2.09. The van der Waals surface area contributed by atoms with Gasteiger partial charge in [0.1, 0.15) is 9.67 Å². The summed E-state index contributed by atoms with van der Waals surface area (Å²) in [4.78, 5) is 22.7. The predicted octanol–water partition coefficient (Wildman–Crippen LogP) is 1.03. The molecule has 18 heavy (non-hydrogen) atoms. The van der Waals surface area contributed by atoms with Gasteiger partial charge in [-0.25, -0.2) is 0 Å². The van der Waals surface area contributed by atoms with Crippen molar-refractivity contribution in [1.82, 2.24) is 5.32 Å². The maximum atomic E-state index is 11.6. The van der Waals surface area contributed by atoms with Crippen LogP contribution < -0.4 is 5.32 Å². The summed E-state index contributed by atoms with van der Waals surface area (Å²) in [5, 5.41) is 11.9. The van der Waals surface area contributed by atoms with E-state index in [0.29, 0.717) is 0 Å². The second-order valence-corrected chi connectivity index (χ2v) is 5.15. The average Bonchev–Trinajstić information content (AvgIpc) is 2.35. The van der Waals surface area contributed by atoms with Crippen LogP contribution >= 0.6 is 22.6 Å². The van der Waals surface area contributed by atoms with Gasteiger partial charge in [0.2, 0.25) is 5.91 Å². The van der Waals surface area contributed by atoms with Gasteiger partial charge in [-0.2, -0.15) is 0 Å². The molecule has 0 aliphatic carbocycles. The number of hydrogen-bond acceptors (Lipinski definition) is 4. The first-order valence-electron chi connectivity index (χ1n) is 5.29. The van der Waals surface area contributed by atoms with E-state index in [9.17, 15) is 14.7 Å². The van der Waals surface area contributed by atoms with Gasteiger partial charge in [0.15, 0.2) is 0 Å². The van der Waals surface area contributed by atoms with Gasteiger partial charge < -0.3 is 15.2 Å². The third-order valence-electron chi connectivity index (χ3n) is 2.21. The van der Waals surface area contributed by atoms with Gasteiger partial charge in [0.25, 0.3) is 0 Å². The molecule has 0 fully saturated rings. The number of carbonyl (C=O) groups excluding carboxylic acids is 2. The lowest BCUT2D eigenvalue weighted by molar-refractivity contribution is -0.139. The Labute approximate surface area is 119 Å². The number of nitrogens with one attached hydrogen (secondary N) is 1. The molecule has 1 aromatic rings. The molecule has 0 bridgehead atoms. The van der Waals surface area contributed by atoms with Gasteiger partial charge in [0.05, 0.1) is 13.5 Å². The number of carbonyl (C=O) groups is 2. The molecule has 0 aliphatic rings. The van der Waals surface area contributed by atoms with Crippen LogP contribution in [0.15, 0.2) is 24.3 Å². The maximum Gasteiger partial charge on any atom is 0.320 e. The number of aromatic hydroxyl groups is 1. The van der Waals surface area contributed by atoms with E-state index in [1.807, 2.05) is 22.6 Å². The lowest BCUT2D eigenvalue weighted by Crippen LogP contribution is -2.34. The number of alkyl halides is 1. The minimum Gasteiger partial charge on any atom is -0.508 e. The molecule has 1 rings (SSSR count). The highest BCUT2D eigenvalue weighted by molar-refractivity contribution is 14.1. The molecule has 0 aromatic heterocycles. The molecule has 5 nitrogen and oxygen atoms in total. The number of amides is 1. The fourth-order valence-corrected chi connectivity index (χ4v) is 1.80. The standard InChI is InChI=1S/C12H14INO4/c1-18-12(17)10(13)7-14-11(16)6-8-3-2-4-9(15)5-8/h2-5,10,15H,6-7H2,1H3,(H,14,16). The first-order valence-corrected chi connectivity index (χ1v) is 6.54. The monoisotopic (exact) mass is 363 g/mol. The van der Waals surface area contributed by atoms with Crippen molar-refractivity contribution in [3.63, 3.8) is 0 Å². The molecule has 0 spiro atoms. The van der Waals surface area contributed by atoms with E-state index in [4.69, 9.17) is 0 Å². The number of ether oxygens (including phenoxy) is 1. The quantitative estimate of drug-likeness (QED) is 0.466. The molecule has 1 atom stereocenters. The minimum absolute atomic E-state index is 0.127. The van der Waals surface area contributed by atoms with Crippen molar-refractivity contribution in [3.05, 3.63) is 29.8 Å². The van der Waals surface area contributed by atoms with Crippen molar-refractivity contribution in [3.8, 4) is 5.75 Å². The number of phenolic OH excluding ortho intramolecular Hbond substituents is 1. The van der Waals surface area contributed by atoms with E-state index in [1.165, 1.54) is 13.2 Å². The topological polar surface area (TPSA) is 75.6 Å². The Morgan fingerprint density at radius 2 is 2.22 bits per heavy atom. The molecule has 0 aliphatic heterocycles.